The summed E-state index contributed by atoms with van der Waals surface area (Å²) in [6.45, 7) is 1.76. The molecule has 8 heteroatoms. The van der Waals surface area contributed by atoms with E-state index < -0.39 is 11.7 Å². The lowest BCUT2D eigenvalue weighted by Crippen LogP contribution is -2.11. The second-order valence-corrected chi connectivity index (χ2v) is 6.60. The highest BCUT2D eigenvalue weighted by Crippen LogP contribution is 2.28. The molecule has 25 heavy (non-hydrogen) atoms. The Labute approximate surface area is 151 Å². The monoisotopic (exact) mass is 378 g/mol. The van der Waals surface area contributed by atoms with Crippen LogP contribution in [0.1, 0.15) is 25.8 Å². The van der Waals surface area contributed by atoms with Crippen LogP contribution < -0.4 is 10.6 Å². The number of hydrogen-bond donors (Lipinski definition) is 2. The molecule has 3 aromatic rings. The molecule has 0 bridgehead atoms. The molecule has 0 aliphatic carbocycles. The summed E-state index contributed by atoms with van der Waals surface area (Å²) in [4.78, 5) is 24.8. The lowest BCUT2D eigenvalue weighted by Gasteiger charge is -2.05. The first-order valence-corrected chi connectivity index (χ1v) is 8.35. The molecule has 2 aromatic heterocycles. The number of nitrogens with one attached hydrogen (secondary N) is 2. The van der Waals surface area contributed by atoms with Gasteiger partial charge in [-0.05, 0) is 48.9 Å². The van der Waals surface area contributed by atoms with Crippen LogP contribution in [0.2, 0.25) is 5.02 Å². The van der Waals surface area contributed by atoms with Gasteiger partial charge in [-0.1, -0.05) is 11.6 Å². The standard InChI is InChI=1S/C17H12ClFN2O3S/c1-9-7-14(21-16(22)13-3-2-6-24-13)25-15(9)17(23)20-10-4-5-12(19)11(18)8-10/h2-8H,1H3,(H,20,23)(H,21,22). The van der Waals surface area contributed by atoms with Crippen molar-refractivity contribution in [2.45, 2.75) is 6.92 Å². The molecule has 3 rings (SSSR count). The molecule has 0 radical (unpaired) electrons. The molecule has 0 saturated carbocycles. The summed E-state index contributed by atoms with van der Waals surface area (Å²) in [5.41, 5.74) is 1.08. The summed E-state index contributed by atoms with van der Waals surface area (Å²) in [6.07, 6.45) is 1.40. The van der Waals surface area contributed by atoms with Crippen LogP contribution in [0.5, 0.6) is 0 Å². The molecule has 2 heterocycles. The fraction of sp³-hybridized carbons (Fsp3) is 0.0588. The van der Waals surface area contributed by atoms with Gasteiger partial charge in [0.1, 0.15) is 5.82 Å². The molecule has 0 saturated heterocycles. The van der Waals surface area contributed by atoms with Crippen molar-refractivity contribution in [3.63, 3.8) is 0 Å². The third-order valence-electron chi connectivity index (χ3n) is 3.28. The number of amides is 2. The summed E-state index contributed by atoms with van der Waals surface area (Å²) in [5.74, 6) is -1.15. The summed E-state index contributed by atoms with van der Waals surface area (Å²) >= 11 is 6.83. The third kappa shape index (κ3) is 3.89. The van der Waals surface area contributed by atoms with Crippen molar-refractivity contribution in [2.24, 2.45) is 0 Å². The highest BCUT2D eigenvalue weighted by Gasteiger charge is 2.17. The van der Waals surface area contributed by atoms with Crippen LogP contribution >= 0.6 is 22.9 Å². The Bertz CT molecular complexity index is 938. The smallest absolute Gasteiger partial charge is 0.291 e. The summed E-state index contributed by atoms with van der Waals surface area (Å²) in [6, 6.07) is 8.77. The Balaban J connectivity index is 1.74. The van der Waals surface area contributed by atoms with Crippen LogP contribution in [0, 0.1) is 12.7 Å². The second-order valence-electron chi connectivity index (χ2n) is 5.14. The molecular weight excluding hydrogens is 367 g/mol. The summed E-state index contributed by atoms with van der Waals surface area (Å²) in [5, 5.41) is 5.76. The Kier molecular flexibility index (Phi) is 4.87. The van der Waals surface area contributed by atoms with Crippen LogP contribution in [0.15, 0.2) is 47.1 Å². The van der Waals surface area contributed by atoms with Crippen LogP contribution in [-0.4, -0.2) is 11.8 Å². The van der Waals surface area contributed by atoms with Crippen molar-refractivity contribution in [2.75, 3.05) is 10.6 Å². The maximum atomic E-state index is 13.2. The highest BCUT2D eigenvalue weighted by atomic mass is 35.5. The van der Waals surface area contributed by atoms with E-state index in [1.807, 2.05) is 0 Å². The first kappa shape index (κ1) is 17.2. The average Bonchev–Trinajstić information content (AvgIpc) is 3.21. The molecule has 2 N–H and O–H groups in total. The van der Waals surface area contributed by atoms with Gasteiger partial charge < -0.3 is 15.1 Å². The van der Waals surface area contributed by atoms with Gasteiger partial charge in [-0.2, -0.15) is 0 Å². The van der Waals surface area contributed by atoms with E-state index in [1.54, 1.807) is 25.1 Å². The van der Waals surface area contributed by atoms with Crippen molar-refractivity contribution in [3.8, 4) is 0 Å². The van der Waals surface area contributed by atoms with Crippen molar-refractivity contribution in [1.82, 2.24) is 0 Å². The molecule has 0 atom stereocenters. The van der Waals surface area contributed by atoms with E-state index in [1.165, 1.54) is 24.5 Å². The van der Waals surface area contributed by atoms with Gasteiger partial charge in [0.15, 0.2) is 5.76 Å². The minimum Gasteiger partial charge on any atom is -0.459 e. The predicted octanol–water partition coefficient (Wildman–Crippen LogP) is 4.95. The zero-order valence-corrected chi connectivity index (χ0v) is 14.5. The van der Waals surface area contributed by atoms with Gasteiger partial charge in [-0.15, -0.1) is 11.3 Å². The van der Waals surface area contributed by atoms with E-state index in [9.17, 15) is 14.0 Å². The van der Waals surface area contributed by atoms with Crippen LogP contribution in [0.3, 0.4) is 0 Å². The van der Waals surface area contributed by atoms with E-state index in [2.05, 4.69) is 10.6 Å². The molecule has 1 aromatic carbocycles. The van der Waals surface area contributed by atoms with Crippen molar-refractivity contribution < 1.29 is 18.4 Å². The predicted molar refractivity (Wildman–Crippen MR) is 95.1 cm³/mol. The van der Waals surface area contributed by atoms with E-state index in [-0.39, 0.29) is 16.7 Å². The van der Waals surface area contributed by atoms with Gasteiger partial charge in [0.25, 0.3) is 11.8 Å². The largest absolute Gasteiger partial charge is 0.459 e. The van der Waals surface area contributed by atoms with Gasteiger partial charge in [0.05, 0.1) is 21.2 Å². The number of benzene rings is 1. The van der Waals surface area contributed by atoms with Crippen LogP contribution in [0.4, 0.5) is 15.1 Å². The number of carbonyl (C=O) groups excluding carboxylic acids is 2. The number of thiophene rings is 1. The van der Waals surface area contributed by atoms with Gasteiger partial charge in [0.2, 0.25) is 0 Å². The zero-order chi connectivity index (χ0) is 18.0. The average molecular weight is 379 g/mol. The number of aryl methyl sites for hydroxylation is 1. The van der Waals surface area contributed by atoms with Crippen molar-refractivity contribution >= 4 is 45.4 Å². The van der Waals surface area contributed by atoms with Crippen molar-refractivity contribution in [1.29, 1.82) is 0 Å². The number of anilines is 2. The maximum Gasteiger partial charge on any atom is 0.291 e. The Hall–Kier alpha value is -2.64. The van der Waals surface area contributed by atoms with Gasteiger partial charge in [0, 0.05) is 5.69 Å². The quantitative estimate of drug-likeness (QED) is 0.675. The van der Waals surface area contributed by atoms with E-state index in [4.69, 9.17) is 16.0 Å². The number of rotatable bonds is 4. The number of furan rings is 1. The van der Waals surface area contributed by atoms with Crippen LogP contribution in [0.25, 0.3) is 0 Å². The number of halogens is 2. The summed E-state index contributed by atoms with van der Waals surface area (Å²) in [7, 11) is 0. The van der Waals surface area contributed by atoms with Crippen LogP contribution in [-0.2, 0) is 0 Å². The fourth-order valence-corrected chi connectivity index (χ4v) is 3.26. The van der Waals surface area contributed by atoms with Gasteiger partial charge in [-0.25, -0.2) is 4.39 Å². The van der Waals surface area contributed by atoms with Crippen molar-refractivity contribution in [3.05, 3.63) is 69.7 Å². The molecule has 128 valence electrons. The second kappa shape index (κ2) is 7.08. The van der Waals surface area contributed by atoms with Gasteiger partial charge >= 0.3 is 0 Å². The molecule has 0 spiro atoms. The molecule has 2 amide bonds. The number of carbonyl (C=O) groups is 2. The first-order chi connectivity index (χ1) is 11.9. The summed E-state index contributed by atoms with van der Waals surface area (Å²) < 4.78 is 18.2. The highest BCUT2D eigenvalue weighted by molar-refractivity contribution is 7.18. The Morgan fingerprint density at radius 3 is 2.64 bits per heavy atom. The molecule has 5 nitrogen and oxygen atoms in total. The van der Waals surface area contributed by atoms with E-state index in [0.717, 1.165) is 11.3 Å². The maximum absolute atomic E-state index is 13.2. The lowest BCUT2D eigenvalue weighted by molar-refractivity contribution is 0.0995. The van der Waals surface area contributed by atoms with E-state index >= 15 is 0 Å². The lowest BCUT2D eigenvalue weighted by atomic mass is 10.2. The Morgan fingerprint density at radius 1 is 1.16 bits per heavy atom. The zero-order valence-electron chi connectivity index (χ0n) is 12.9. The van der Waals surface area contributed by atoms with Gasteiger partial charge in [-0.3, -0.25) is 9.59 Å². The minimum atomic E-state index is -0.560. The molecule has 0 aliphatic rings. The molecule has 0 fully saturated rings. The first-order valence-electron chi connectivity index (χ1n) is 7.16. The topological polar surface area (TPSA) is 71.3 Å². The number of hydrogen-bond acceptors (Lipinski definition) is 4. The van der Waals surface area contributed by atoms with E-state index in [0.29, 0.717) is 21.1 Å². The third-order valence-corrected chi connectivity index (χ3v) is 4.72. The molecular formula is C17H12ClFN2O3S. The SMILES string of the molecule is Cc1cc(NC(=O)c2ccco2)sc1C(=O)Nc1ccc(F)c(Cl)c1. The molecule has 0 aliphatic heterocycles. The fourth-order valence-electron chi connectivity index (χ4n) is 2.11. The minimum absolute atomic E-state index is 0.0768. The Morgan fingerprint density at radius 2 is 1.96 bits per heavy atom. The normalized spacial score (nSPS) is 10.5. The molecule has 0 unspecified atom stereocenters.